The Kier molecular flexibility index (Phi) is 3.92. The summed E-state index contributed by atoms with van der Waals surface area (Å²) in [6.07, 6.45) is 5.94. The van der Waals surface area contributed by atoms with Crippen LogP contribution in [0.2, 0.25) is 0 Å². The van der Waals surface area contributed by atoms with Crippen molar-refractivity contribution in [2.24, 2.45) is 0 Å². The van der Waals surface area contributed by atoms with Crippen LogP contribution in [0, 0.1) is 12.7 Å². The van der Waals surface area contributed by atoms with E-state index in [0.717, 1.165) is 29.5 Å². The van der Waals surface area contributed by atoms with Gasteiger partial charge in [0.2, 0.25) is 5.91 Å². The van der Waals surface area contributed by atoms with Crippen molar-refractivity contribution in [3.63, 3.8) is 0 Å². The number of fused-ring (bicyclic) bond motifs is 1. The van der Waals surface area contributed by atoms with Crippen molar-refractivity contribution >= 4 is 5.91 Å². The molecule has 1 aliphatic carbocycles. The SMILES string of the molecule is CCC(=O)N[C@H]1CCc2c(-c3ccc(F)c(C)c3)cncc21. The molecular weight excluding hydrogens is 279 g/mol. The number of pyridine rings is 1. The van der Waals surface area contributed by atoms with E-state index in [4.69, 9.17) is 0 Å². The highest BCUT2D eigenvalue weighted by atomic mass is 19.1. The van der Waals surface area contributed by atoms with Gasteiger partial charge in [-0.3, -0.25) is 9.78 Å². The Labute approximate surface area is 129 Å². The summed E-state index contributed by atoms with van der Waals surface area (Å²) in [6.45, 7) is 3.61. The standard InChI is InChI=1S/C18H19FN2O/c1-3-18(22)21-17-7-5-13-14(9-20-10-15(13)17)12-4-6-16(19)11(2)8-12/h4,6,8-10,17H,3,5,7H2,1-2H3,(H,21,22)/t17-/m0/s1. The molecule has 1 heterocycles. The van der Waals surface area contributed by atoms with Crippen LogP contribution in [0.1, 0.15) is 42.5 Å². The molecule has 3 rings (SSSR count). The number of hydrogen-bond acceptors (Lipinski definition) is 2. The Morgan fingerprint density at radius 1 is 1.41 bits per heavy atom. The van der Waals surface area contributed by atoms with Crippen LogP contribution in [-0.2, 0) is 11.2 Å². The van der Waals surface area contributed by atoms with Crippen LogP contribution in [0.4, 0.5) is 4.39 Å². The van der Waals surface area contributed by atoms with Gasteiger partial charge >= 0.3 is 0 Å². The fourth-order valence-electron chi connectivity index (χ4n) is 3.03. The van der Waals surface area contributed by atoms with E-state index in [0.29, 0.717) is 12.0 Å². The molecule has 0 radical (unpaired) electrons. The minimum Gasteiger partial charge on any atom is -0.349 e. The van der Waals surface area contributed by atoms with E-state index in [1.807, 2.05) is 25.4 Å². The molecule has 0 fully saturated rings. The van der Waals surface area contributed by atoms with Gasteiger partial charge in [0.25, 0.3) is 0 Å². The van der Waals surface area contributed by atoms with Gasteiger partial charge in [0.15, 0.2) is 0 Å². The van der Waals surface area contributed by atoms with Gasteiger partial charge in [0.05, 0.1) is 6.04 Å². The number of aromatic nitrogens is 1. The van der Waals surface area contributed by atoms with Crippen molar-refractivity contribution in [2.45, 2.75) is 39.2 Å². The van der Waals surface area contributed by atoms with Crippen LogP contribution in [-0.4, -0.2) is 10.9 Å². The van der Waals surface area contributed by atoms with Crippen LogP contribution in [0.15, 0.2) is 30.6 Å². The zero-order valence-electron chi connectivity index (χ0n) is 12.8. The third kappa shape index (κ3) is 2.61. The molecule has 1 atom stereocenters. The molecule has 0 saturated carbocycles. The quantitative estimate of drug-likeness (QED) is 0.938. The average molecular weight is 298 g/mol. The molecule has 1 aliphatic rings. The number of carbonyl (C=O) groups excluding carboxylic acids is 1. The summed E-state index contributed by atoms with van der Waals surface area (Å²) < 4.78 is 13.5. The summed E-state index contributed by atoms with van der Waals surface area (Å²) in [5, 5.41) is 3.04. The van der Waals surface area contributed by atoms with Gasteiger partial charge in [-0.2, -0.15) is 0 Å². The predicted molar refractivity (Wildman–Crippen MR) is 83.9 cm³/mol. The molecule has 3 nitrogen and oxygen atoms in total. The second-order valence-electron chi connectivity index (χ2n) is 5.73. The number of benzene rings is 1. The Hall–Kier alpha value is -2.23. The maximum Gasteiger partial charge on any atom is 0.220 e. The van der Waals surface area contributed by atoms with E-state index >= 15 is 0 Å². The van der Waals surface area contributed by atoms with Crippen molar-refractivity contribution in [1.82, 2.24) is 10.3 Å². The summed E-state index contributed by atoms with van der Waals surface area (Å²) in [7, 11) is 0. The second kappa shape index (κ2) is 5.87. The van der Waals surface area contributed by atoms with E-state index in [9.17, 15) is 9.18 Å². The summed E-state index contributed by atoms with van der Waals surface area (Å²) in [4.78, 5) is 16.0. The molecule has 0 saturated heterocycles. The molecular formula is C18H19FN2O. The Bertz CT molecular complexity index is 727. The van der Waals surface area contributed by atoms with Crippen molar-refractivity contribution < 1.29 is 9.18 Å². The minimum atomic E-state index is -0.197. The van der Waals surface area contributed by atoms with Crippen LogP contribution < -0.4 is 5.32 Å². The van der Waals surface area contributed by atoms with Gasteiger partial charge < -0.3 is 5.32 Å². The molecule has 114 valence electrons. The molecule has 0 bridgehead atoms. The lowest BCUT2D eigenvalue weighted by Gasteiger charge is -2.14. The summed E-state index contributed by atoms with van der Waals surface area (Å²) in [6, 6.07) is 5.17. The molecule has 22 heavy (non-hydrogen) atoms. The Morgan fingerprint density at radius 2 is 2.23 bits per heavy atom. The summed E-state index contributed by atoms with van der Waals surface area (Å²) in [5.74, 6) is -0.141. The summed E-state index contributed by atoms with van der Waals surface area (Å²) in [5.41, 5.74) is 4.94. The minimum absolute atomic E-state index is 0.0384. The number of halogens is 1. The Morgan fingerprint density at radius 3 is 2.95 bits per heavy atom. The Balaban J connectivity index is 1.99. The van der Waals surface area contributed by atoms with Gasteiger partial charge in [0, 0.05) is 24.4 Å². The van der Waals surface area contributed by atoms with E-state index in [-0.39, 0.29) is 17.8 Å². The number of nitrogens with zero attached hydrogens (tertiary/aromatic N) is 1. The highest BCUT2D eigenvalue weighted by molar-refractivity contribution is 5.77. The topological polar surface area (TPSA) is 42.0 Å². The smallest absolute Gasteiger partial charge is 0.220 e. The fraction of sp³-hybridized carbons (Fsp3) is 0.333. The van der Waals surface area contributed by atoms with Crippen molar-refractivity contribution in [2.75, 3.05) is 0 Å². The predicted octanol–water partition coefficient (Wildman–Crippen LogP) is 3.71. The van der Waals surface area contributed by atoms with Gasteiger partial charge in [-0.05, 0) is 54.2 Å². The largest absolute Gasteiger partial charge is 0.349 e. The zero-order chi connectivity index (χ0) is 15.7. The van der Waals surface area contributed by atoms with E-state index in [1.165, 1.54) is 11.6 Å². The molecule has 1 amide bonds. The maximum absolute atomic E-state index is 13.5. The zero-order valence-corrected chi connectivity index (χ0v) is 12.8. The first-order chi connectivity index (χ1) is 10.6. The van der Waals surface area contributed by atoms with E-state index in [1.54, 1.807) is 13.0 Å². The van der Waals surface area contributed by atoms with Gasteiger partial charge in [-0.1, -0.05) is 13.0 Å². The number of amides is 1. The van der Waals surface area contributed by atoms with Crippen LogP contribution >= 0.6 is 0 Å². The number of nitrogens with one attached hydrogen (secondary N) is 1. The first kappa shape index (κ1) is 14.7. The highest BCUT2D eigenvalue weighted by Gasteiger charge is 2.26. The normalized spacial score (nSPS) is 16.4. The maximum atomic E-state index is 13.5. The van der Waals surface area contributed by atoms with E-state index < -0.39 is 0 Å². The lowest BCUT2D eigenvalue weighted by molar-refractivity contribution is -0.121. The third-order valence-electron chi connectivity index (χ3n) is 4.27. The first-order valence-electron chi connectivity index (χ1n) is 7.62. The molecule has 0 unspecified atom stereocenters. The number of carbonyl (C=O) groups is 1. The molecule has 0 aliphatic heterocycles. The van der Waals surface area contributed by atoms with Gasteiger partial charge in [0.1, 0.15) is 5.82 Å². The van der Waals surface area contributed by atoms with Crippen LogP contribution in [0.25, 0.3) is 11.1 Å². The fourth-order valence-corrected chi connectivity index (χ4v) is 3.03. The molecule has 0 spiro atoms. The van der Waals surface area contributed by atoms with Crippen LogP contribution in [0.5, 0.6) is 0 Å². The lowest BCUT2D eigenvalue weighted by atomic mass is 9.98. The van der Waals surface area contributed by atoms with Crippen molar-refractivity contribution in [3.8, 4) is 11.1 Å². The number of hydrogen-bond donors (Lipinski definition) is 1. The van der Waals surface area contributed by atoms with Gasteiger partial charge in [-0.15, -0.1) is 0 Å². The van der Waals surface area contributed by atoms with Crippen LogP contribution in [0.3, 0.4) is 0 Å². The molecule has 2 aromatic rings. The molecule has 1 aromatic heterocycles. The highest BCUT2D eigenvalue weighted by Crippen LogP contribution is 2.37. The number of rotatable bonds is 3. The van der Waals surface area contributed by atoms with Gasteiger partial charge in [-0.25, -0.2) is 4.39 Å². The first-order valence-corrected chi connectivity index (χ1v) is 7.62. The molecule has 1 aromatic carbocycles. The van der Waals surface area contributed by atoms with E-state index in [2.05, 4.69) is 10.3 Å². The molecule has 1 N–H and O–H groups in total. The third-order valence-corrected chi connectivity index (χ3v) is 4.27. The average Bonchev–Trinajstić information content (AvgIpc) is 2.93. The van der Waals surface area contributed by atoms with Crippen molar-refractivity contribution in [1.29, 1.82) is 0 Å². The number of aryl methyl sites for hydroxylation is 1. The molecule has 4 heteroatoms. The lowest BCUT2D eigenvalue weighted by Crippen LogP contribution is -2.26. The van der Waals surface area contributed by atoms with Crippen molar-refractivity contribution in [3.05, 3.63) is 53.1 Å². The summed E-state index contributed by atoms with van der Waals surface area (Å²) >= 11 is 0. The second-order valence-corrected chi connectivity index (χ2v) is 5.73. The monoisotopic (exact) mass is 298 g/mol.